The zero-order chi connectivity index (χ0) is 20.3. The smallest absolute Gasteiger partial charge is 0.280 e. The summed E-state index contributed by atoms with van der Waals surface area (Å²) in [6, 6.07) is 13.4. The Labute approximate surface area is 159 Å². The molecule has 0 atom stereocenters. The van der Waals surface area contributed by atoms with Gasteiger partial charge in [-0.05, 0) is 37.3 Å². The predicted molar refractivity (Wildman–Crippen MR) is 102 cm³/mol. The number of rotatable bonds is 4. The van der Waals surface area contributed by atoms with Gasteiger partial charge in [-0.1, -0.05) is 18.2 Å². The van der Waals surface area contributed by atoms with Crippen molar-refractivity contribution in [1.82, 2.24) is 15.1 Å². The van der Waals surface area contributed by atoms with Crippen molar-refractivity contribution >= 4 is 17.5 Å². The fourth-order valence-corrected chi connectivity index (χ4v) is 2.64. The van der Waals surface area contributed by atoms with Crippen molar-refractivity contribution in [2.24, 2.45) is 0 Å². The van der Waals surface area contributed by atoms with Crippen LogP contribution in [0.2, 0.25) is 0 Å². The first kappa shape index (κ1) is 19.0. The lowest BCUT2D eigenvalue weighted by Gasteiger charge is -2.12. The van der Waals surface area contributed by atoms with Crippen molar-refractivity contribution in [2.45, 2.75) is 6.92 Å². The zero-order valence-electron chi connectivity index (χ0n) is 15.2. The number of aromatic nitrogens is 2. The summed E-state index contributed by atoms with van der Waals surface area (Å²) >= 11 is 0. The Bertz CT molecular complexity index is 1120. The number of nitrogens with one attached hydrogen (secondary N) is 2. The number of carbonyl (C=O) groups excluding carboxylic acids is 2. The van der Waals surface area contributed by atoms with Crippen LogP contribution in [0.3, 0.4) is 0 Å². The van der Waals surface area contributed by atoms with E-state index in [9.17, 15) is 18.8 Å². The first-order chi connectivity index (χ1) is 13.4. The molecular formula is C20H17FN4O3. The predicted octanol–water partition coefficient (Wildman–Crippen LogP) is 2.29. The van der Waals surface area contributed by atoms with Crippen LogP contribution < -0.4 is 16.1 Å². The maximum Gasteiger partial charge on any atom is 0.280 e. The van der Waals surface area contributed by atoms with E-state index in [1.165, 1.54) is 42.1 Å². The Morgan fingerprint density at radius 2 is 1.79 bits per heavy atom. The second kappa shape index (κ2) is 7.83. The van der Waals surface area contributed by atoms with Gasteiger partial charge in [0.25, 0.3) is 11.8 Å². The lowest BCUT2D eigenvalue weighted by Crippen LogP contribution is -2.27. The Kier molecular flexibility index (Phi) is 5.30. The van der Waals surface area contributed by atoms with Gasteiger partial charge >= 0.3 is 0 Å². The van der Waals surface area contributed by atoms with Crippen molar-refractivity contribution < 1.29 is 14.0 Å². The Hall–Kier alpha value is -3.81. The maximum atomic E-state index is 14.1. The summed E-state index contributed by atoms with van der Waals surface area (Å²) in [5, 5.41) is 9.08. The summed E-state index contributed by atoms with van der Waals surface area (Å²) in [6.45, 7) is 1.59. The quantitative estimate of drug-likeness (QED) is 0.726. The van der Waals surface area contributed by atoms with Crippen molar-refractivity contribution in [3.05, 3.63) is 87.6 Å². The fourth-order valence-electron chi connectivity index (χ4n) is 2.64. The summed E-state index contributed by atoms with van der Waals surface area (Å²) in [5.74, 6) is -1.61. The van der Waals surface area contributed by atoms with Gasteiger partial charge in [-0.3, -0.25) is 14.4 Å². The van der Waals surface area contributed by atoms with Crippen LogP contribution in [0.25, 0.3) is 5.69 Å². The molecule has 0 bridgehead atoms. The van der Waals surface area contributed by atoms with E-state index in [0.717, 1.165) is 0 Å². The summed E-state index contributed by atoms with van der Waals surface area (Å²) in [5.41, 5.74) is 0.194. The van der Waals surface area contributed by atoms with Gasteiger partial charge in [0, 0.05) is 30.1 Å². The highest BCUT2D eigenvalue weighted by molar-refractivity contribution is 6.03. The molecule has 3 rings (SSSR count). The third-order valence-corrected chi connectivity index (χ3v) is 4.01. The van der Waals surface area contributed by atoms with Gasteiger partial charge in [-0.2, -0.15) is 5.10 Å². The highest BCUT2D eigenvalue weighted by Crippen LogP contribution is 2.14. The number of aryl methyl sites for hydroxylation is 1. The SMILES string of the molecule is CNC(=O)c1cccc(NC(=O)c2nn(-c3ccccc3F)c(C)cc2=O)c1. The summed E-state index contributed by atoms with van der Waals surface area (Å²) in [6.07, 6.45) is 0. The highest BCUT2D eigenvalue weighted by atomic mass is 19.1. The van der Waals surface area contributed by atoms with E-state index >= 15 is 0 Å². The second-order valence-corrected chi connectivity index (χ2v) is 5.98. The van der Waals surface area contributed by atoms with Crippen molar-refractivity contribution in [1.29, 1.82) is 0 Å². The maximum absolute atomic E-state index is 14.1. The van der Waals surface area contributed by atoms with Crippen LogP contribution in [0.4, 0.5) is 10.1 Å². The zero-order valence-corrected chi connectivity index (χ0v) is 15.2. The molecule has 0 radical (unpaired) electrons. The summed E-state index contributed by atoms with van der Waals surface area (Å²) in [4.78, 5) is 36.6. The van der Waals surface area contributed by atoms with E-state index in [4.69, 9.17) is 0 Å². The molecule has 2 N–H and O–H groups in total. The average molecular weight is 380 g/mol. The van der Waals surface area contributed by atoms with E-state index in [0.29, 0.717) is 16.9 Å². The first-order valence-corrected chi connectivity index (χ1v) is 8.40. The number of hydrogen-bond donors (Lipinski definition) is 2. The van der Waals surface area contributed by atoms with Crippen molar-refractivity contribution in [3.8, 4) is 5.69 Å². The fraction of sp³-hybridized carbons (Fsp3) is 0.100. The molecule has 0 aliphatic heterocycles. The van der Waals surface area contributed by atoms with E-state index in [2.05, 4.69) is 15.7 Å². The minimum atomic E-state index is -0.760. The van der Waals surface area contributed by atoms with Gasteiger partial charge in [0.2, 0.25) is 5.43 Å². The molecule has 0 spiro atoms. The molecule has 0 aliphatic carbocycles. The van der Waals surface area contributed by atoms with Crippen LogP contribution in [-0.2, 0) is 0 Å². The lowest BCUT2D eigenvalue weighted by atomic mass is 10.2. The minimum absolute atomic E-state index is 0.121. The number of halogens is 1. The van der Waals surface area contributed by atoms with Gasteiger partial charge in [0.05, 0.1) is 0 Å². The van der Waals surface area contributed by atoms with Gasteiger partial charge in [0.1, 0.15) is 11.5 Å². The second-order valence-electron chi connectivity index (χ2n) is 5.98. The van der Waals surface area contributed by atoms with Crippen LogP contribution in [-0.4, -0.2) is 28.6 Å². The first-order valence-electron chi connectivity index (χ1n) is 8.40. The Morgan fingerprint density at radius 3 is 2.50 bits per heavy atom. The molecule has 7 nitrogen and oxygen atoms in total. The lowest BCUT2D eigenvalue weighted by molar-refractivity contribution is 0.0961. The molecule has 142 valence electrons. The number of para-hydroxylation sites is 1. The van der Waals surface area contributed by atoms with Crippen LogP contribution >= 0.6 is 0 Å². The molecular weight excluding hydrogens is 363 g/mol. The number of anilines is 1. The van der Waals surface area contributed by atoms with E-state index in [1.54, 1.807) is 31.2 Å². The third-order valence-electron chi connectivity index (χ3n) is 4.01. The minimum Gasteiger partial charge on any atom is -0.355 e. The number of benzene rings is 2. The monoisotopic (exact) mass is 380 g/mol. The molecule has 0 saturated carbocycles. The highest BCUT2D eigenvalue weighted by Gasteiger charge is 2.17. The standard InChI is InChI=1S/C20H17FN4O3/c1-12-10-17(26)18(24-25(12)16-9-4-3-8-15(16)21)20(28)23-14-7-5-6-13(11-14)19(27)22-2/h3-11H,1-2H3,(H,22,27)(H,23,28). The van der Waals surface area contributed by atoms with E-state index < -0.39 is 17.2 Å². The Morgan fingerprint density at radius 1 is 1.04 bits per heavy atom. The molecule has 1 aromatic heterocycles. The molecule has 0 unspecified atom stereocenters. The normalized spacial score (nSPS) is 10.4. The van der Waals surface area contributed by atoms with Crippen molar-refractivity contribution in [3.63, 3.8) is 0 Å². The van der Waals surface area contributed by atoms with Gasteiger partial charge in [-0.25, -0.2) is 9.07 Å². The molecule has 0 fully saturated rings. The molecule has 2 amide bonds. The van der Waals surface area contributed by atoms with Crippen LogP contribution in [0.15, 0.2) is 59.4 Å². The molecule has 0 aliphatic rings. The molecule has 3 aromatic rings. The van der Waals surface area contributed by atoms with Crippen molar-refractivity contribution in [2.75, 3.05) is 12.4 Å². The number of nitrogens with zero attached hydrogens (tertiary/aromatic N) is 2. The molecule has 8 heteroatoms. The Balaban J connectivity index is 1.97. The third kappa shape index (κ3) is 3.80. The van der Waals surface area contributed by atoms with E-state index in [1.807, 2.05) is 0 Å². The van der Waals surface area contributed by atoms with E-state index in [-0.39, 0.29) is 17.3 Å². The summed E-state index contributed by atoms with van der Waals surface area (Å²) in [7, 11) is 1.50. The van der Waals surface area contributed by atoms with Crippen LogP contribution in [0, 0.1) is 12.7 Å². The number of carbonyl (C=O) groups is 2. The topological polar surface area (TPSA) is 93.1 Å². The van der Waals surface area contributed by atoms with Crippen LogP contribution in [0.1, 0.15) is 26.5 Å². The molecule has 28 heavy (non-hydrogen) atoms. The molecule has 1 heterocycles. The van der Waals surface area contributed by atoms with Gasteiger partial charge in [0.15, 0.2) is 5.69 Å². The summed E-state index contributed by atoms with van der Waals surface area (Å²) < 4.78 is 15.3. The van der Waals surface area contributed by atoms with Gasteiger partial charge < -0.3 is 10.6 Å². The van der Waals surface area contributed by atoms with Crippen LogP contribution in [0.5, 0.6) is 0 Å². The average Bonchev–Trinajstić information content (AvgIpc) is 2.68. The molecule has 2 aromatic carbocycles. The number of amides is 2. The number of hydrogen-bond acceptors (Lipinski definition) is 4. The van der Waals surface area contributed by atoms with Gasteiger partial charge in [-0.15, -0.1) is 0 Å². The largest absolute Gasteiger partial charge is 0.355 e. The molecule has 0 saturated heterocycles.